The van der Waals surface area contributed by atoms with E-state index < -0.39 is 23.7 Å². The van der Waals surface area contributed by atoms with Crippen LogP contribution in [0.2, 0.25) is 0 Å². The van der Waals surface area contributed by atoms with Crippen LogP contribution >= 0.6 is 0 Å². The van der Waals surface area contributed by atoms with Crippen molar-refractivity contribution < 1.29 is 28.6 Å². The van der Waals surface area contributed by atoms with Gasteiger partial charge in [-0.25, -0.2) is 14.6 Å². The van der Waals surface area contributed by atoms with E-state index in [9.17, 15) is 9.59 Å². The fourth-order valence-electron chi connectivity index (χ4n) is 2.04. The number of oxazole rings is 1. The van der Waals surface area contributed by atoms with Gasteiger partial charge < -0.3 is 24.3 Å². The van der Waals surface area contributed by atoms with Gasteiger partial charge in [0.2, 0.25) is 5.89 Å². The summed E-state index contributed by atoms with van der Waals surface area (Å²) in [5, 5.41) is 11.6. The first-order chi connectivity index (χ1) is 12.2. The SMILES string of the molecule is CC(C)(C)OC(=O)N[C@@H](COCc1ccccc1)c1nc(C(=O)O)co1. The van der Waals surface area contributed by atoms with Crippen molar-refractivity contribution >= 4 is 12.1 Å². The molecule has 0 saturated carbocycles. The highest BCUT2D eigenvalue weighted by molar-refractivity contribution is 5.84. The largest absolute Gasteiger partial charge is 0.476 e. The van der Waals surface area contributed by atoms with Crippen molar-refractivity contribution in [1.29, 1.82) is 0 Å². The van der Waals surface area contributed by atoms with Gasteiger partial charge in [0.15, 0.2) is 5.69 Å². The van der Waals surface area contributed by atoms with Crippen LogP contribution in [-0.4, -0.2) is 34.4 Å². The average Bonchev–Trinajstić information content (AvgIpc) is 3.03. The zero-order valence-electron chi connectivity index (χ0n) is 14.9. The monoisotopic (exact) mass is 362 g/mol. The molecule has 140 valence electrons. The van der Waals surface area contributed by atoms with E-state index >= 15 is 0 Å². The van der Waals surface area contributed by atoms with Crippen LogP contribution in [0.1, 0.15) is 48.8 Å². The van der Waals surface area contributed by atoms with Crippen LogP contribution < -0.4 is 5.32 Å². The highest BCUT2D eigenvalue weighted by atomic mass is 16.6. The third kappa shape index (κ3) is 6.21. The smallest absolute Gasteiger partial charge is 0.408 e. The number of benzene rings is 1. The number of hydrogen-bond donors (Lipinski definition) is 2. The van der Waals surface area contributed by atoms with Gasteiger partial charge in [-0.1, -0.05) is 30.3 Å². The minimum atomic E-state index is -1.22. The van der Waals surface area contributed by atoms with E-state index in [2.05, 4.69) is 10.3 Å². The summed E-state index contributed by atoms with van der Waals surface area (Å²) in [6.07, 6.45) is 0.333. The van der Waals surface area contributed by atoms with Gasteiger partial charge in [0.1, 0.15) is 17.9 Å². The second-order valence-electron chi connectivity index (χ2n) is 6.58. The first-order valence-corrected chi connectivity index (χ1v) is 8.04. The average molecular weight is 362 g/mol. The Labute approximate surface area is 151 Å². The van der Waals surface area contributed by atoms with Crippen molar-refractivity contribution in [2.24, 2.45) is 0 Å². The van der Waals surface area contributed by atoms with Gasteiger partial charge >= 0.3 is 12.1 Å². The molecule has 1 aromatic heterocycles. The highest BCUT2D eigenvalue weighted by Gasteiger charge is 2.25. The molecule has 0 aliphatic heterocycles. The Morgan fingerprint density at radius 1 is 1.27 bits per heavy atom. The van der Waals surface area contributed by atoms with Crippen LogP contribution in [0.3, 0.4) is 0 Å². The zero-order chi connectivity index (χ0) is 19.2. The van der Waals surface area contributed by atoms with E-state index in [0.717, 1.165) is 11.8 Å². The summed E-state index contributed by atoms with van der Waals surface area (Å²) < 4.78 is 16.0. The molecule has 8 nitrogen and oxygen atoms in total. The van der Waals surface area contributed by atoms with E-state index in [-0.39, 0.29) is 18.2 Å². The molecule has 0 fully saturated rings. The van der Waals surface area contributed by atoms with Gasteiger partial charge in [-0.3, -0.25) is 0 Å². The molecule has 2 aromatic rings. The van der Waals surface area contributed by atoms with Crippen LogP contribution in [0.5, 0.6) is 0 Å². The molecule has 1 aromatic carbocycles. The standard InChI is InChI=1S/C18H22N2O6/c1-18(2,3)26-17(23)20-13(15-19-14(11-25-15)16(21)22)10-24-9-12-7-5-4-6-8-12/h4-8,11,13H,9-10H2,1-3H3,(H,20,23)(H,21,22)/t13-/m0/s1. The Bertz CT molecular complexity index is 736. The summed E-state index contributed by atoms with van der Waals surface area (Å²) in [5.74, 6) is -1.19. The number of aromatic nitrogens is 1. The summed E-state index contributed by atoms with van der Waals surface area (Å²) in [4.78, 5) is 26.9. The molecule has 0 saturated heterocycles. The predicted octanol–water partition coefficient (Wildman–Crippen LogP) is 3.16. The lowest BCUT2D eigenvalue weighted by molar-refractivity contribution is 0.0404. The summed E-state index contributed by atoms with van der Waals surface area (Å²) in [7, 11) is 0. The molecule has 0 aliphatic rings. The fourth-order valence-corrected chi connectivity index (χ4v) is 2.04. The normalized spacial score (nSPS) is 12.4. The third-order valence-electron chi connectivity index (χ3n) is 3.13. The third-order valence-corrected chi connectivity index (χ3v) is 3.13. The Morgan fingerprint density at radius 2 is 1.96 bits per heavy atom. The molecular formula is C18H22N2O6. The van der Waals surface area contributed by atoms with Crippen molar-refractivity contribution in [3.05, 3.63) is 53.7 Å². The predicted molar refractivity (Wildman–Crippen MR) is 91.7 cm³/mol. The fraction of sp³-hybridized carbons (Fsp3) is 0.389. The molecular weight excluding hydrogens is 340 g/mol. The molecule has 0 aliphatic carbocycles. The van der Waals surface area contributed by atoms with Crippen molar-refractivity contribution in [3.63, 3.8) is 0 Å². The second-order valence-corrected chi connectivity index (χ2v) is 6.58. The second kappa shape index (κ2) is 8.48. The summed E-state index contributed by atoms with van der Waals surface area (Å²) in [6, 6.07) is 8.71. The zero-order valence-corrected chi connectivity index (χ0v) is 14.9. The molecule has 8 heteroatoms. The molecule has 0 bridgehead atoms. The Kier molecular flexibility index (Phi) is 6.35. The Hall–Kier alpha value is -2.87. The van der Waals surface area contributed by atoms with E-state index in [4.69, 9.17) is 19.0 Å². The summed E-state index contributed by atoms with van der Waals surface area (Å²) in [6.45, 7) is 5.57. The van der Waals surface area contributed by atoms with E-state index in [1.165, 1.54) is 0 Å². The maximum Gasteiger partial charge on any atom is 0.408 e. The Balaban J connectivity index is 2.04. The summed E-state index contributed by atoms with van der Waals surface area (Å²) in [5.41, 5.74) is 0.0312. The molecule has 1 atom stereocenters. The minimum Gasteiger partial charge on any atom is -0.476 e. The van der Waals surface area contributed by atoms with Crippen molar-refractivity contribution in [2.75, 3.05) is 6.61 Å². The number of hydrogen-bond acceptors (Lipinski definition) is 6. The first-order valence-electron chi connectivity index (χ1n) is 8.04. The van der Waals surface area contributed by atoms with Crippen LogP contribution in [0.4, 0.5) is 4.79 Å². The number of rotatable bonds is 7. The van der Waals surface area contributed by atoms with Gasteiger partial charge in [0.25, 0.3) is 0 Å². The number of amides is 1. The number of nitrogens with zero attached hydrogens (tertiary/aromatic N) is 1. The first kappa shape index (κ1) is 19.5. The molecule has 2 N–H and O–H groups in total. The topological polar surface area (TPSA) is 111 Å². The minimum absolute atomic E-state index is 0.0290. The highest BCUT2D eigenvalue weighted by Crippen LogP contribution is 2.16. The molecule has 2 rings (SSSR count). The lowest BCUT2D eigenvalue weighted by Crippen LogP contribution is -2.36. The number of carbonyl (C=O) groups excluding carboxylic acids is 1. The summed E-state index contributed by atoms with van der Waals surface area (Å²) >= 11 is 0. The Morgan fingerprint density at radius 3 is 2.54 bits per heavy atom. The quantitative estimate of drug-likeness (QED) is 0.778. The van der Waals surface area contributed by atoms with Crippen molar-refractivity contribution in [3.8, 4) is 0 Å². The number of ether oxygens (including phenoxy) is 2. The number of aromatic carboxylic acids is 1. The lowest BCUT2D eigenvalue weighted by atomic mass is 10.2. The molecule has 0 spiro atoms. The molecule has 0 radical (unpaired) electrons. The van der Waals surface area contributed by atoms with E-state index in [1.807, 2.05) is 30.3 Å². The number of carboxylic acid groups (broad SMARTS) is 1. The van der Waals surface area contributed by atoms with Crippen molar-refractivity contribution in [2.45, 2.75) is 39.0 Å². The molecule has 1 heterocycles. The number of alkyl carbamates (subject to hydrolysis) is 1. The van der Waals surface area contributed by atoms with Gasteiger partial charge in [0.05, 0.1) is 13.2 Å². The maximum absolute atomic E-state index is 12.0. The van der Waals surface area contributed by atoms with Crippen LogP contribution in [-0.2, 0) is 16.1 Å². The number of carboxylic acids is 1. The van der Waals surface area contributed by atoms with Gasteiger partial charge in [0, 0.05) is 0 Å². The molecule has 1 amide bonds. The van der Waals surface area contributed by atoms with Gasteiger partial charge in [-0.05, 0) is 26.3 Å². The maximum atomic E-state index is 12.0. The molecule has 0 unspecified atom stereocenters. The molecule has 26 heavy (non-hydrogen) atoms. The lowest BCUT2D eigenvalue weighted by Gasteiger charge is -2.22. The van der Waals surface area contributed by atoms with E-state index in [1.54, 1.807) is 20.8 Å². The van der Waals surface area contributed by atoms with Crippen LogP contribution in [0.25, 0.3) is 0 Å². The number of nitrogens with one attached hydrogen (secondary N) is 1. The van der Waals surface area contributed by atoms with Gasteiger partial charge in [-0.2, -0.15) is 0 Å². The van der Waals surface area contributed by atoms with E-state index in [0.29, 0.717) is 6.61 Å². The van der Waals surface area contributed by atoms with Crippen LogP contribution in [0.15, 0.2) is 41.0 Å². The number of carbonyl (C=O) groups is 2. The van der Waals surface area contributed by atoms with Crippen molar-refractivity contribution in [1.82, 2.24) is 10.3 Å². The van der Waals surface area contributed by atoms with Crippen LogP contribution in [0, 0.1) is 0 Å². The van der Waals surface area contributed by atoms with Gasteiger partial charge in [-0.15, -0.1) is 0 Å².